The van der Waals surface area contributed by atoms with Crippen LogP contribution in [0.2, 0.25) is 10.0 Å². The number of hydrogen-bond donors (Lipinski definition) is 0. The zero-order valence-corrected chi connectivity index (χ0v) is 13.8. The Labute approximate surface area is 141 Å². The molecule has 1 rings (SSSR count). The lowest BCUT2D eigenvalue weighted by Crippen LogP contribution is -2.41. The van der Waals surface area contributed by atoms with Gasteiger partial charge >= 0.3 is 12.1 Å². The number of amides is 1. The van der Waals surface area contributed by atoms with E-state index in [2.05, 4.69) is 4.74 Å². The molecule has 0 spiro atoms. The van der Waals surface area contributed by atoms with E-state index in [4.69, 9.17) is 23.2 Å². The molecule has 0 aliphatic carbocycles. The minimum atomic E-state index is -4.92. The number of carbonyl (C=O) groups excluding carboxylic acids is 2. The van der Waals surface area contributed by atoms with Crippen LogP contribution in [-0.2, 0) is 14.3 Å². The third-order valence-electron chi connectivity index (χ3n) is 2.91. The lowest BCUT2D eigenvalue weighted by Gasteiger charge is -2.26. The maximum absolute atomic E-state index is 13.4. The molecule has 0 saturated carbocycles. The number of nitrogens with zero attached hydrogens (tertiary/aromatic N) is 1. The summed E-state index contributed by atoms with van der Waals surface area (Å²) in [7, 11) is 1.07. The van der Waals surface area contributed by atoms with Gasteiger partial charge in [-0.05, 0) is 19.1 Å². The Morgan fingerprint density at radius 3 is 2.22 bits per heavy atom. The number of esters is 1. The molecule has 128 valence electrons. The van der Waals surface area contributed by atoms with E-state index in [0.717, 1.165) is 7.05 Å². The zero-order chi connectivity index (χ0) is 17.8. The summed E-state index contributed by atoms with van der Waals surface area (Å²) < 4.78 is 44.8. The highest BCUT2D eigenvalue weighted by Gasteiger charge is 2.49. The molecule has 1 amide bonds. The van der Waals surface area contributed by atoms with Crippen LogP contribution in [0.3, 0.4) is 0 Å². The van der Waals surface area contributed by atoms with Gasteiger partial charge in [-0.1, -0.05) is 29.3 Å². The van der Waals surface area contributed by atoms with Crippen LogP contribution >= 0.6 is 23.2 Å². The highest BCUT2D eigenvalue weighted by molar-refractivity contribution is 6.36. The summed E-state index contributed by atoms with van der Waals surface area (Å²) >= 11 is 11.6. The van der Waals surface area contributed by atoms with Crippen molar-refractivity contribution in [3.05, 3.63) is 33.8 Å². The minimum absolute atomic E-state index is 0.0555. The van der Waals surface area contributed by atoms with Gasteiger partial charge < -0.3 is 9.64 Å². The van der Waals surface area contributed by atoms with Crippen molar-refractivity contribution in [1.29, 1.82) is 0 Å². The zero-order valence-electron chi connectivity index (χ0n) is 12.3. The van der Waals surface area contributed by atoms with E-state index in [-0.39, 0.29) is 16.7 Å². The number of rotatable bonds is 5. The van der Waals surface area contributed by atoms with E-state index in [1.807, 2.05) is 0 Å². The van der Waals surface area contributed by atoms with E-state index in [1.54, 1.807) is 6.92 Å². The standard InChI is InChI=1S/C14H14Cl2F3NO3/c1-3-23-10(21)7-20(2)13(22)12(14(17,18)19)11-8(15)5-4-6-9(11)16/h4-6,12H,3,7H2,1-2H3. The van der Waals surface area contributed by atoms with E-state index in [1.165, 1.54) is 18.2 Å². The molecule has 1 unspecified atom stereocenters. The fourth-order valence-electron chi connectivity index (χ4n) is 1.91. The molecule has 0 fully saturated rings. The summed E-state index contributed by atoms with van der Waals surface area (Å²) in [6.07, 6.45) is -4.92. The Morgan fingerprint density at radius 1 is 1.26 bits per heavy atom. The minimum Gasteiger partial charge on any atom is -0.465 e. The van der Waals surface area contributed by atoms with Crippen LogP contribution in [0, 0.1) is 0 Å². The maximum Gasteiger partial charge on any atom is 0.404 e. The van der Waals surface area contributed by atoms with Gasteiger partial charge in [0.25, 0.3) is 0 Å². The lowest BCUT2D eigenvalue weighted by molar-refractivity contribution is -0.173. The van der Waals surface area contributed by atoms with Crippen molar-refractivity contribution in [2.45, 2.75) is 19.0 Å². The molecule has 0 aliphatic rings. The molecule has 0 aromatic heterocycles. The van der Waals surface area contributed by atoms with Gasteiger partial charge in [0.05, 0.1) is 6.61 Å². The lowest BCUT2D eigenvalue weighted by atomic mass is 9.96. The van der Waals surface area contributed by atoms with Crippen LogP contribution in [0.5, 0.6) is 0 Å². The molecular weight excluding hydrogens is 358 g/mol. The Morgan fingerprint density at radius 2 is 1.78 bits per heavy atom. The van der Waals surface area contributed by atoms with Crippen molar-refractivity contribution in [1.82, 2.24) is 4.90 Å². The molecule has 0 N–H and O–H groups in total. The first kappa shape index (κ1) is 19.6. The number of ether oxygens (including phenoxy) is 1. The molecule has 4 nitrogen and oxygen atoms in total. The van der Waals surface area contributed by atoms with Crippen LogP contribution in [0.4, 0.5) is 13.2 Å². The summed E-state index contributed by atoms with van der Waals surface area (Å²) in [5.74, 6) is -4.72. The number of likely N-dealkylation sites (N-methyl/N-ethyl adjacent to an activating group) is 1. The molecule has 1 aromatic carbocycles. The number of benzene rings is 1. The average molecular weight is 372 g/mol. The number of carbonyl (C=O) groups is 2. The smallest absolute Gasteiger partial charge is 0.404 e. The maximum atomic E-state index is 13.4. The van der Waals surface area contributed by atoms with E-state index < -0.39 is 36.1 Å². The quantitative estimate of drug-likeness (QED) is 0.742. The highest BCUT2D eigenvalue weighted by Crippen LogP contribution is 2.42. The monoisotopic (exact) mass is 371 g/mol. The molecule has 0 heterocycles. The second-order valence-electron chi connectivity index (χ2n) is 4.61. The average Bonchev–Trinajstić information content (AvgIpc) is 2.41. The largest absolute Gasteiger partial charge is 0.465 e. The van der Waals surface area contributed by atoms with Gasteiger partial charge in [0.1, 0.15) is 6.54 Å². The van der Waals surface area contributed by atoms with Crippen molar-refractivity contribution in [3.63, 3.8) is 0 Å². The van der Waals surface area contributed by atoms with Crippen molar-refractivity contribution < 1.29 is 27.5 Å². The van der Waals surface area contributed by atoms with Gasteiger partial charge in [0.15, 0.2) is 5.92 Å². The Kier molecular flexibility index (Phi) is 6.70. The van der Waals surface area contributed by atoms with Crippen molar-refractivity contribution in [2.24, 2.45) is 0 Å². The third-order valence-corrected chi connectivity index (χ3v) is 3.57. The molecule has 0 bridgehead atoms. The normalized spacial score (nSPS) is 12.7. The summed E-state index contributed by atoms with van der Waals surface area (Å²) in [5, 5.41) is -0.560. The molecule has 1 atom stereocenters. The molecular formula is C14H14Cl2F3NO3. The second kappa shape index (κ2) is 7.88. The number of halogens is 5. The summed E-state index contributed by atoms with van der Waals surface area (Å²) in [6.45, 7) is 0.989. The Bertz CT molecular complexity index is 573. The van der Waals surface area contributed by atoms with E-state index in [0.29, 0.717) is 4.90 Å². The Hall–Kier alpha value is -1.47. The van der Waals surface area contributed by atoms with Crippen molar-refractivity contribution in [2.75, 3.05) is 20.2 Å². The van der Waals surface area contributed by atoms with Crippen molar-refractivity contribution >= 4 is 35.1 Å². The fourth-order valence-corrected chi connectivity index (χ4v) is 2.53. The van der Waals surface area contributed by atoms with Gasteiger partial charge in [-0.2, -0.15) is 13.2 Å². The Balaban J connectivity index is 3.18. The molecule has 9 heteroatoms. The molecule has 0 saturated heterocycles. The topological polar surface area (TPSA) is 46.6 Å². The van der Waals surface area contributed by atoms with E-state index in [9.17, 15) is 22.8 Å². The number of hydrogen-bond acceptors (Lipinski definition) is 3. The van der Waals surface area contributed by atoms with Crippen LogP contribution in [0.15, 0.2) is 18.2 Å². The third kappa shape index (κ3) is 5.00. The van der Waals surface area contributed by atoms with Crippen LogP contribution in [0.25, 0.3) is 0 Å². The molecule has 0 aliphatic heterocycles. The first-order valence-electron chi connectivity index (χ1n) is 6.50. The predicted molar refractivity (Wildman–Crippen MR) is 79.5 cm³/mol. The van der Waals surface area contributed by atoms with Gasteiger partial charge in [-0.25, -0.2) is 0 Å². The van der Waals surface area contributed by atoms with Crippen LogP contribution < -0.4 is 0 Å². The first-order chi connectivity index (χ1) is 10.6. The summed E-state index contributed by atoms with van der Waals surface area (Å²) in [5.41, 5.74) is -0.538. The van der Waals surface area contributed by atoms with E-state index >= 15 is 0 Å². The van der Waals surface area contributed by atoms with Crippen molar-refractivity contribution in [3.8, 4) is 0 Å². The van der Waals surface area contributed by atoms with Gasteiger partial charge in [-0.3, -0.25) is 9.59 Å². The summed E-state index contributed by atoms with van der Waals surface area (Å²) in [6, 6.07) is 3.79. The second-order valence-corrected chi connectivity index (χ2v) is 5.42. The fraction of sp³-hybridized carbons (Fsp3) is 0.429. The molecule has 23 heavy (non-hydrogen) atoms. The SMILES string of the molecule is CCOC(=O)CN(C)C(=O)C(c1c(Cl)cccc1Cl)C(F)(F)F. The van der Waals surface area contributed by atoms with Gasteiger partial charge in [0.2, 0.25) is 5.91 Å². The molecule has 1 aromatic rings. The predicted octanol–water partition coefficient (Wildman–Crippen LogP) is 3.66. The van der Waals surface area contributed by atoms with Crippen LogP contribution in [-0.4, -0.2) is 43.2 Å². The number of alkyl halides is 3. The summed E-state index contributed by atoms with van der Waals surface area (Å²) in [4.78, 5) is 24.2. The molecule has 0 radical (unpaired) electrons. The first-order valence-corrected chi connectivity index (χ1v) is 7.26. The van der Waals surface area contributed by atoms with Crippen LogP contribution in [0.1, 0.15) is 18.4 Å². The van der Waals surface area contributed by atoms with Gasteiger partial charge in [-0.15, -0.1) is 0 Å². The van der Waals surface area contributed by atoms with Gasteiger partial charge in [0, 0.05) is 22.7 Å². The highest BCUT2D eigenvalue weighted by atomic mass is 35.5.